The summed E-state index contributed by atoms with van der Waals surface area (Å²) in [6.07, 6.45) is 5.32. The molecule has 0 fully saturated rings. The van der Waals surface area contributed by atoms with Gasteiger partial charge >= 0.3 is 0 Å². The average molecular weight is 192 g/mol. The van der Waals surface area contributed by atoms with Gasteiger partial charge in [0, 0.05) is 12.2 Å². The topological polar surface area (TPSA) is 38.9 Å². The van der Waals surface area contributed by atoms with Gasteiger partial charge in [0.1, 0.15) is 0 Å². The van der Waals surface area contributed by atoms with Crippen molar-refractivity contribution in [1.29, 1.82) is 0 Å². The van der Waals surface area contributed by atoms with E-state index in [1.54, 1.807) is 6.20 Å². The molecule has 0 amide bonds. The predicted octanol–water partition coefficient (Wildman–Crippen LogP) is 2.91. The first kappa shape index (κ1) is 11.2. The fourth-order valence-electron chi connectivity index (χ4n) is 1.76. The summed E-state index contributed by atoms with van der Waals surface area (Å²) in [5.74, 6) is 0.692. The van der Waals surface area contributed by atoms with E-state index >= 15 is 0 Å². The first-order valence-electron chi connectivity index (χ1n) is 5.40. The number of rotatable bonds is 5. The lowest BCUT2D eigenvalue weighted by Gasteiger charge is -2.15. The molecule has 0 saturated carbocycles. The third-order valence-corrected chi connectivity index (χ3v) is 2.51. The Morgan fingerprint density at radius 2 is 2.21 bits per heavy atom. The van der Waals surface area contributed by atoms with Gasteiger partial charge in [-0.3, -0.25) is 4.98 Å². The summed E-state index contributed by atoms with van der Waals surface area (Å²) in [5, 5.41) is 0. The summed E-state index contributed by atoms with van der Waals surface area (Å²) in [7, 11) is 0. The van der Waals surface area contributed by atoms with Crippen LogP contribution in [0.5, 0.6) is 0 Å². The smallest absolute Gasteiger partial charge is 0.0571 e. The Morgan fingerprint density at radius 3 is 2.79 bits per heavy atom. The molecule has 2 atom stereocenters. The molecule has 1 aromatic rings. The lowest BCUT2D eigenvalue weighted by Crippen LogP contribution is -2.15. The summed E-state index contributed by atoms with van der Waals surface area (Å²) in [5.41, 5.74) is 7.07. The van der Waals surface area contributed by atoms with Crippen molar-refractivity contribution in [3.8, 4) is 0 Å². The third-order valence-electron chi connectivity index (χ3n) is 2.51. The molecule has 0 aliphatic rings. The zero-order valence-electron chi connectivity index (χ0n) is 9.11. The third kappa shape index (κ3) is 3.46. The largest absolute Gasteiger partial charge is 0.323 e. The molecular formula is C12H20N2. The molecule has 0 aliphatic heterocycles. The Kier molecular flexibility index (Phi) is 4.60. The maximum absolute atomic E-state index is 6.06. The standard InChI is InChI=1S/C12H20N2/c1-3-6-10(2)9-11(13)12-7-4-5-8-14-12/h4-5,7-8,10-11H,3,6,9,13H2,1-2H3. The van der Waals surface area contributed by atoms with Gasteiger partial charge in [0.2, 0.25) is 0 Å². The fraction of sp³-hybridized carbons (Fsp3) is 0.583. The Bertz CT molecular complexity index is 246. The molecule has 78 valence electrons. The van der Waals surface area contributed by atoms with Crippen molar-refractivity contribution in [1.82, 2.24) is 4.98 Å². The van der Waals surface area contributed by atoms with Gasteiger partial charge in [-0.25, -0.2) is 0 Å². The molecule has 0 radical (unpaired) electrons. The molecule has 0 aromatic carbocycles. The Morgan fingerprint density at radius 1 is 1.43 bits per heavy atom. The molecular weight excluding hydrogens is 172 g/mol. The molecule has 14 heavy (non-hydrogen) atoms. The highest BCUT2D eigenvalue weighted by atomic mass is 14.8. The maximum Gasteiger partial charge on any atom is 0.0571 e. The predicted molar refractivity (Wildman–Crippen MR) is 59.9 cm³/mol. The van der Waals surface area contributed by atoms with Gasteiger partial charge in [-0.05, 0) is 24.5 Å². The van der Waals surface area contributed by atoms with Crippen molar-refractivity contribution in [3.63, 3.8) is 0 Å². The summed E-state index contributed by atoms with van der Waals surface area (Å²) >= 11 is 0. The van der Waals surface area contributed by atoms with Crippen LogP contribution in [0.15, 0.2) is 24.4 Å². The van der Waals surface area contributed by atoms with Gasteiger partial charge in [0.15, 0.2) is 0 Å². The minimum absolute atomic E-state index is 0.0951. The molecule has 2 N–H and O–H groups in total. The minimum atomic E-state index is 0.0951. The van der Waals surface area contributed by atoms with Gasteiger partial charge < -0.3 is 5.73 Å². The van der Waals surface area contributed by atoms with Crippen LogP contribution in [0.3, 0.4) is 0 Å². The van der Waals surface area contributed by atoms with Crippen molar-refractivity contribution < 1.29 is 0 Å². The number of hydrogen-bond acceptors (Lipinski definition) is 2. The number of nitrogens with zero attached hydrogens (tertiary/aromatic N) is 1. The monoisotopic (exact) mass is 192 g/mol. The van der Waals surface area contributed by atoms with E-state index < -0.39 is 0 Å². The molecule has 0 spiro atoms. The number of nitrogens with two attached hydrogens (primary N) is 1. The van der Waals surface area contributed by atoms with Crippen LogP contribution in [0.25, 0.3) is 0 Å². The van der Waals surface area contributed by atoms with Gasteiger partial charge in [0.25, 0.3) is 0 Å². The molecule has 2 nitrogen and oxygen atoms in total. The van der Waals surface area contributed by atoms with Crippen LogP contribution >= 0.6 is 0 Å². The molecule has 0 bridgehead atoms. The van der Waals surface area contributed by atoms with E-state index in [0.717, 1.165) is 12.1 Å². The Hall–Kier alpha value is -0.890. The average Bonchev–Trinajstić information content (AvgIpc) is 2.19. The van der Waals surface area contributed by atoms with Gasteiger partial charge in [0.05, 0.1) is 5.69 Å². The molecule has 2 unspecified atom stereocenters. The van der Waals surface area contributed by atoms with Crippen LogP contribution in [0.1, 0.15) is 44.8 Å². The van der Waals surface area contributed by atoms with E-state index in [4.69, 9.17) is 5.73 Å². The van der Waals surface area contributed by atoms with Gasteiger partial charge in [-0.15, -0.1) is 0 Å². The molecule has 0 saturated heterocycles. The summed E-state index contributed by atoms with van der Waals surface area (Å²) < 4.78 is 0. The van der Waals surface area contributed by atoms with Crippen LogP contribution in [0.2, 0.25) is 0 Å². The first-order valence-corrected chi connectivity index (χ1v) is 5.40. The lowest BCUT2D eigenvalue weighted by molar-refractivity contribution is 0.436. The zero-order valence-corrected chi connectivity index (χ0v) is 9.11. The van der Waals surface area contributed by atoms with Crippen LogP contribution in [-0.2, 0) is 0 Å². The Balaban J connectivity index is 2.46. The second kappa shape index (κ2) is 5.76. The molecule has 1 heterocycles. The van der Waals surface area contributed by atoms with Gasteiger partial charge in [-0.2, -0.15) is 0 Å². The van der Waals surface area contributed by atoms with Crippen molar-refractivity contribution >= 4 is 0 Å². The normalized spacial score (nSPS) is 15.1. The van der Waals surface area contributed by atoms with E-state index in [-0.39, 0.29) is 6.04 Å². The summed E-state index contributed by atoms with van der Waals surface area (Å²) in [6.45, 7) is 4.47. The van der Waals surface area contributed by atoms with Crippen molar-refractivity contribution in [2.75, 3.05) is 0 Å². The Labute approximate surface area is 86.5 Å². The highest BCUT2D eigenvalue weighted by Crippen LogP contribution is 2.19. The van der Waals surface area contributed by atoms with Crippen LogP contribution in [-0.4, -0.2) is 4.98 Å². The minimum Gasteiger partial charge on any atom is -0.323 e. The van der Waals surface area contributed by atoms with Crippen LogP contribution < -0.4 is 5.73 Å². The van der Waals surface area contributed by atoms with E-state index in [0.29, 0.717) is 5.92 Å². The molecule has 1 rings (SSSR count). The van der Waals surface area contributed by atoms with Crippen molar-refractivity contribution in [2.45, 2.75) is 39.2 Å². The van der Waals surface area contributed by atoms with E-state index in [2.05, 4.69) is 18.8 Å². The second-order valence-electron chi connectivity index (χ2n) is 3.99. The zero-order chi connectivity index (χ0) is 10.4. The van der Waals surface area contributed by atoms with E-state index in [1.807, 2.05) is 18.2 Å². The maximum atomic E-state index is 6.06. The number of hydrogen-bond donors (Lipinski definition) is 1. The summed E-state index contributed by atoms with van der Waals surface area (Å²) in [4.78, 5) is 4.27. The van der Waals surface area contributed by atoms with Gasteiger partial charge in [-0.1, -0.05) is 32.8 Å². The van der Waals surface area contributed by atoms with Crippen LogP contribution in [0.4, 0.5) is 0 Å². The SMILES string of the molecule is CCCC(C)CC(N)c1ccccn1. The molecule has 1 aromatic heterocycles. The highest BCUT2D eigenvalue weighted by Gasteiger charge is 2.10. The number of pyridine rings is 1. The summed E-state index contributed by atoms with van der Waals surface area (Å²) in [6, 6.07) is 6.01. The van der Waals surface area contributed by atoms with E-state index in [1.165, 1.54) is 12.8 Å². The first-order chi connectivity index (χ1) is 6.74. The molecule has 0 aliphatic carbocycles. The van der Waals surface area contributed by atoms with Crippen molar-refractivity contribution in [3.05, 3.63) is 30.1 Å². The van der Waals surface area contributed by atoms with E-state index in [9.17, 15) is 0 Å². The van der Waals surface area contributed by atoms with Crippen molar-refractivity contribution in [2.24, 2.45) is 11.7 Å². The number of aromatic nitrogens is 1. The molecule has 2 heteroatoms. The van der Waals surface area contributed by atoms with Crippen LogP contribution in [0, 0.1) is 5.92 Å². The lowest BCUT2D eigenvalue weighted by atomic mass is 9.96. The quantitative estimate of drug-likeness (QED) is 0.779. The second-order valence-corrected chi connectivity index (χ2v) is 3.99. The fourth-order valence-corrected chi connectivity index (χ4v) is 1.76. The highest BCUT2D eigenvalue weighted by molar-refractivity contribution is 5.07.